The smallest absolute Gasteiger partial charge is 0.259 e. The summed E-state index contributed by atoms with van der Waals surface area (Å²) >= 11 is 3.37. The highest BCUT2D eigenvalue weighted by atomic mass is 32.1. The first-order valence-electron chi connectivity index (χ1n) is 9.03. The first kappa shape index (κ1) is 16.9. The van der Waals surface area contributed by atoms with E-state index in [1.807, 2.05) is 23.6 Å². The highest BCUT2D eigenvalue weighted by Crippen LogP contribution is 2.38. The van der Waals surface area contributed by atoms with Crippen LogP contribution in [0.1, 0.15) is 33.4 Å². The molecule has 136 valence electrons. The third kappa shape index (κ3) is 2.94. The fraction of sp³-hybridized carbons (Fsp3) is 0.238. The van der Waals surface area contributed by atoms with Crippen molar-refractivity contribution in [2.75, 3.05) is 6.54 Å². The minimum absolute atomic E-state index is 0.0123. The molecule has 0 aliphatic carbocycles. The number of aromatic nitrogens is 2. The van der Waals surface area contributed by atoms with Crippen LogP contribution in [0.5, 0.6) is 0 Å². The standard InChI is InChI=1S/C21H19N3OS2/c1-14-13-27-21-22-16(11-19(25)24(14)21)12-23-9-7-18-17(8-10-26-18)20(23)15-5-3-2-4-6-15/h2-6,8,10-11,13,20H,7,9,12H2,1H3/t20-/m0/s1. The van der Waals surface area contributed by atoms with Crippen molar-refractivity contribution in [2.45, 2.75) is 25.9 Å². The predicted octanol–water partition coefficient (Wildman–Crippen LogP) is 4.27. The molecular weight excluding hydrogens is 374 g/mol. The van der Waals surface area contributed by atoms with Crippen molar-refractivity contribution >= 4 is 27.6 Å². The van der Waals surface area contributed by atoms with Gasteiger partial charge in [0, 0.05) is 35.1 Å². The molecule has 1 aromatic carbocycles. The number of hydrogen-bond acceptors (Lipinski definition) is 5. The lowest BCUT2D eigenvalue weighted by Gasteiger charge is -2.36. The van der Waals surface area contributed by atoms with Gasteiger partial charge in [0.25, 0.3) is 5.56 Å². The molecular formula is C21H19N3OS2. The number of aryl methyl sites for hydroxylation is 1. The number of hydrogen-bond donors (Lipinski definition) is 0. The van der Waals surface area contributed by atoms with Crippen molar-refractivity contribution in [3.8, 4) is 0 Å². The van der Waals surface area contributed by atoms with Crippen LogP contribution in [-0.4, -0.2) is 20.8 Å². The molecule has 3 aromatic heterocycles. The first-order chi connectivity index (χ1) is 13.2. The van der Waals surface area contributed by atoms with Gasteiger partial charge in [-0.2, -0.15) is 0 Å². The summed E-state index contributed by atoms with van der Waals surface area (Å²) in [6, 6.07) is 14.8. The summed E-state index contributed by atoms with van der Waals surface area (Å²) < 4.78 is 1.69. The number of nitrogens with zero attached hydrogens (tertiary/aromatic N) is 3. The van der Waals surface area contributed by atoms with Gasteiger partial charge in [0.1, 0.15) is 0 Å². The van der Waals surface area contributed by atoms with E-state index in [4.69, 9.17) is 4.98 Å². The van der Waals surface area contributed by atoms with Crippen LogP contribution in [0.2, 0.25) is 0 Å². The average Bonchev–Trinajstić information content (AvgIpc) is 3.29. The van der Waals surface area contributed by atoms with Gasteiger partial charge in [-0.1, -0.05) is 30.3 Å². The van der Waals surface area contributed by atoms with Crippen LogP contribution >= 0.6 is 22.7 Å². The van der Waals surface area contributed by atoms with Crippen molar-refractivity contribution in [1.82, 2.24) is 14.3 Å². The topological polar surface area (TPSA) is 37.6 Å². The number of thiophene rings is 1. The highest BCUT2D eigenvalue weighted by Gasteiger charge is 2.30. The maximum absolute atomic E-state index is 12.5. The van der Waals surface area contributed by atoms with Crippen LogP contribution in [0.3, 0.4) is 0 Å². The van der Waals surface area contributed by atoms with E-state index in [-0.39, 0.29) is 11.6 Å². The van der Waals surface area contributed by atoms with E-state index < -0.39 is 0 Å². The lowest BCUT2D eigenvalue weighted by Crippen LogP contribution is -2.35. The molecule has 4 aromatic rings. The second-order valence-electron chi connectivity index (χ2n) is 6.91. The molecule has 0 N–H and O–H groups in total. The SMILES string of the molecule is Cc1csc2nc(CN3CCc4sccc4[C@@H]3c3ccccc3)cc(=O)n12. The predicted molar refractivity (Wildman–Crippen MR) is 111 cm³/mol. The maximum atomic E-state index is 12.5. The van der Waals surface area contributed by atoms with Crippen molar-refractivity contribution in [2.24, 2.45) is 0 Å². The van der Waals surface area contributed by atoms with Crippen molar-refractivity contribution < 1.29 is 0 Å². The Morgan fingerprint density at radius 3 is 2.89 bits per heavy atom. The Bertz CT molecular complexity index is 1160. The van der Waals surface area contributed by atoms with Crippen molar-refractivity contribution in [3.05, 3.63) is 91.0 Å². The molecule has 0 saturated heterocycles. The summed E-state index contributed by atoms with van der Waals surface area (Å²) in [6.07, 6.45) is 1.05. The molecule has 6 heteroatoms. The zero-order chi connectivity index (χ0) is 18.4. The van der Waals surface area contributed by atoms with E-state index in [0.717, 1.165) is 29.3 Å². The Labute approximate surface area is 165 Å². The van der Waals surface area contributed by atoms with Gasteiger partial charge in [0.15, 0.2) is 4.96 Å². The van der Waals surface area contributed by atoms with Crippen LogP contribution in [0.15, 0.2) is 58.0 Å². The number of benzene rings is 1. The second kappa shape index (κ2) is 6.71. The quantitative estimate of drug-likeness (QED) is 0.522. The molecule has 0 amide bonds. The lowest BCUT2D eigenvalue weighted by atomic mass is 9.93. The molecule has 0 saturated carbocycles. The zero-order valence-corrected chi connectivity index (χ0v) is 16.6. The van der Waals surface area contributed by atoms with Gasteiger partial charge in [-0.05, 0) is 35.9 Å². The lowest BCUT2D eigenvalue weighted by molar-refractivity contribution is 0.204. The summed E-state index contributed by atoms with van der Waals surface area (Å²) in [5, 5.41) is 4.17. The monoisotopic (exact) mass is 393 g/mol. The number of thiazole rings is 1. The van der Waals surface area contributed by atoms with Crippen LogP contribution in [-0.2, 0) is 13.0 Å². The third-order valence-electron chi connectivity index (χ3n) is 5.17. The number of fused-ring (bicyclic) bond motifs is 2. The summed E-state index contributed by atoms with van der Waals surface area (Å²) in [5.41, 5.74) is 4.49. The molecule has 0 unspecified atom stereocenters. The van der Waals surface area contributed by atoms with Crippen LogP contribution in [0, 0.1) is 6.92 Å². The summed E-state index contributed by atoms with van der Waals surface area (Å²) in [7, 11) is 0. The zero-order valence-electron chi connectivity index (χ0n) is 15.0. The molecule has 0 fully saturated rings. The van der Waals surface area contributed by atoms with E-state index in [1.54, 1.807) is 10.5 Å². The van der Waals surface area contributed by atoms with Crippen LogP contribution in [0.25, 0.3) is 4.96 Å². The van der Waals surface area contributed by atoms with Gasteiger partial charge in [-0.25, -0.2) is 4.98 Å². The van der Waals surface area contributed by atoms with Crippen molar-refractivity contribution in [1.29, 1.82) is 0 Å². The Morgan fingerprint density at radius 1 is 1.19 bits per heavy atom. The minimum Gasteiger partial charge on any atom is -0.286 e. The Balaban J connectivity index is 1.55. The normalized spacial score (nSPS) is 17.3. The first-order valence-corrected chi connectivity index (χ1v) is 10.8. The van der Waals surface area contributed by atoms with Crippen molar-refractivity contribution in [3.63, 3.8) is 0 Å². The molecule has 0 radical (unpaired) electrons. The molecule has 5 rings (SSSR count). The van der Waals surface area contributed by atoms with E-state index in [2.05, 4.69) is 46.7 Å². The fourth-order valence-corrected chi connectivity index (χ4v) is 5.75. The Morgan fingerprint density at radius 2 is 2.04 bits per heavy atom. The Hall–Kier alpha value is -2.28. The third-order valence-corrected chi connectivity index (χ3v) is 7.11. The van der Waals surface area contributed by atoms with Gasteiger partial charge in [-0.3, -0.25) is 14.1 Å². The molecule has 1 atom stereocenters. The van der Waals surface area contributed by atoms with Crippen LogP contribution in [0.4, 0.5) is 0 Å². The molecule has 4 nitrogen and oxygen atoms in total. The van der Waals surface area contributed by atoms with E-state index in [0.29, 0.717) is 6.54 Å². The average molecular weight is 394 g/mol. The molecule has 0 spiro atoms. The van der Waals surface area contributed by atoms with E-state index >= 15 is 0 Å². The molecule has 4 heterocycles. The second-order valence-corrected chi connectivity index (χ2v) is 8.75. The van der Waals surface area contributed by atoms with Gasteiger partial charge in [-0.15, -0.1) is 22.7 Å². The van der Waals surface area contributed by atoms with E-state index in [9.17, 15) is 4.79 Å². The highest BCUT2D eigenvalue weighted by molar-refractivity contribution is 7.15. The Kier molecular flexibility index (Phi) is 4.19. The fourth-order valence-electron chi connectivity index (χ4n) is 3.95. The molecule has 1 aliphatic rings. The summed E-state index contributed by atoms with van der Waals surface area (Å²) in [6.45, 7) is 3.59. The van der Waals surface area contributed by atoms with Crippen LogP contribution < -0.4 is 5.56 Å². The molecule has 1 aliphatic heterocycles. The van der Waals surface area contributed by atoms with Gasteiger partial charge < -0.3 is 0 Å². The van der Waals surface area contributed by atoms with Gasteiger partial charge in [0.2, 0.25) is 0 Å². The van der Waals surface area contributed by atoms with Gasteiger partial charge >= 0.3 is 0 Å². The number of rotatable bonds is 3. The molecule has 0 bridgehead atoms. The summed E-state index contributed by atoms with van der Waals surface area (Å²) in [4.78, 5) is 22.0. The largest absolute Gasteiger partial charge is 0.286 e. The minimum atomic E-state index is 0.0123. The maximum Gasteiger partial charge on any atom is 0.259 e. The van der Waals surface area contributed by atoms with E-state index in [1.165, 1.54) is 27.3 Å². The molecule has 27 heavy (non-hydrogen) atoms. The summed E-state index contributed by atoms with van der Waals surface area (Å²) in [5.74, 6) is 0. The van der Waals surface area contributed by atoms with Gasteiger partial charge in [0.05, 0.1) is 11.7 Å².